The van der Waals surface area contributed by atoms with E-state index in [0.29, 0.717) is 11.3 Å². The molecule has 0 aromatic heterocycles. The van der Waals surface area contributed by atoms with E-state index in [1.807, 2.05) is 0 Å². The number of hydrogen-bond acceptors (Lipinski definition) is 6. The predicted molar refractivity (Wildman–Crippen MR) is 106 cm³/mol. The summed E-state index contributed by atoms with van der Waals surface area (Å²) < 4.78 is 4.94. The minimum atomic E-state index is -0.667. The van der Waals surface area contributed by atoms with E-state index < -0.39 is 18.5 Å². The van der Waals surface area contributed by atoms with Crippen LogP contribution in [0.15, 0.2) is 24.3 Å². The van der Waals surface area contributed by atoms with Crippen molar-refractivity contribution in [3.63, 3.8) is 0 Å². The molecule has 30 heavy (non-hydrogen) atoms. The topological polar surface area (TPSA) is 122 Å². The molecule has 1 saturated heterocycles. The average Bonchev–Trinajstić information content (AvgIpc) is 3.00. The van der Waals surface area contributed by atoms with Gasteiger partial charge in [-0.15, -0.1) is 0 Å². The van der Waals surface area contributed by atoms with Crippen molar-refractivity contribution in [2.45, 2.75) is 32.1 Å². The summed E-state index contributed by atoms with van der Waals surface area (Å²) in [5, 5.41) is 5.04. The SMILES string of the molecule is CNC(=O)c1cccc(NC(=O)COC(=O)CCN2C(=O)[C@H]3CCCC[C@H]3C2=O)c1. The highest BCUT2D eigenvalue weighted by Crippen LogP contribution is 2.37. The van der Waals surface area contributed by atoms with Crippen LogP contribution in [-0.2, 0) is 23.9 Å². The maximum atomic E-state index is 12.4. The molecule has 1 aliphatic carbocycles. The Kier molecular flexibility index (Phi) is 6.81. The lowest BCUT2D eigenvalue weighted by molar-refractivity contribution is -0.148. The first-order valence-electron chi connectivity index (χ1n) is 10.0. The van der Waals surface area contributed by atoms with Crippen LogP contribution in [0.5, 0.6) is 0 Å². The number of esters is 1. The lowest BCUT2D eigenvalue weighted by atomic mass is 9.81. The molecule has 2 N–H and O–H groups in total. The third-order valence-corrected chi connectivity index (χ3v) is 5.47. The normalized spacial score (nSPS) is 20.5. The molecule has 0 radical (unpaired) electrons. The number of carbonyl (C=O) groups is 5. The monoisotopic (exact) mass is 415 g/mol. The Morgan fingerprint density at radius 2 is 1.77 bits per heavy atom. The number of anilines is 1. The van der Waals surface area contributed by atoms with Crippen LogP contribution < -0.4 is 10.6 Å². The van der Waals surface area contributed by atoms with Gasteiger partial charge in [0.15, 0.2) is 6.61 Å². The fourth-order valence-corrected chi connectivity index (χ4v) is 3.95. The molecule has 1 aliphatic heterocycles. The van der Waals surface area contributed by atoms with E-state index in [0.717, 1.165) is 30.6 Å². The van der Waals surface area contributed by atoms with E-state index >= 15 is 0 Å². The summed E-state index contributed by atoms with van der Waals surface area (Å²) in [6, 6.07) is 6.33. The summed E-state index contributed by atoms with van der Waals surface area (Å²) in [6.07, 6.45) is 3.17. The smallest absolute Gasteiger partial charge is 0.308 e. The van der Waals surface area contributed by atoms with E-state index in [1.54, 1.807) is 18.2 Å². The Morgan fingerprint density at radius 1 is 1.10 bits per heavy atom. The molecule has 1 aromatic rings. The molecule has 4 amide bonds. The highest BCUT2D eigenvalue weighted by Gasteiger charge is 2.47. The van der Waals surface area contributed by atoms with Crippen molar-refractivity contribution in [1.82, 2.24) is 10.2 Å². The number of rotatable bonds is 7. The Hall–Kier alpha value is -3.23. The van der Waals surface area contributed by atoms with Gasteiger partial charge in [0.05, 0.1) is 18.3 Å². The second-order valence-corrected chi connectivity index (χ2v) is 7.44. The van der Waals surface area contributed by atoms with Gasteiger partial charge in [0.1, 0.15) is 0 Å². The predicted octanol–water partition coefficient (Wildman–Crippen LogP) is 1.09. The lowest BCUT2D eigenvalue weighted by Gasteiger charge is -2.19. The summed E-state index contributed by atoms with van der Waals surface area (Å²) in [7, 11) is 1.50. The first-order valence-corrected chi connectivity index (χ1v) is 10.0. The molecule has 160 valence electrons. The fraction of sp³-hybridized carbons (Fsp3) is 0.476. The van der Waals surface area contributed by atoms with Crippen molar-refractivity contribution in [2.75, 3.05) is 25.5 Å². The van der Waals surface area contributed by atoms with Crippen LogP contribution in [0.25, 0.3) is 0 Å². The van der Waals surface area contributed by atoms with Gasteiger partial charge in [0, 0.05) is 24.8 Å². The molecule has 9 heteroatoms. The third-order valence-electron chi connectivity index (χ3n) is 5.47. The zero-order valence-electron chi connectivity index (χ0n) is 16.8. The minimum Gasteiger partial charge on any atom is -0.456 e. The van der Waals surface area contributed by atoms with Crippen LogP contribution in [0.3, 0.4) is 0 Å². The van der Waals surface area contributed by atoms with Crippen LogP contribution in [0.4, 0.5) is 5.69 Å². The van der Waals surface area contributed by atoms with Gasteiger partial charge < -0.3 is 15.4 Å². The molecule has 2 atom stereocenters. The number of nitrogens with one attached hydrogen (secondary N) is 2. The van der Waals surface area contributed by atoms with Crippen molar-refractivity contribution in [1.29, 1.82) is 0 Å². The highest BCUT2D eigenvalue weighted by molar-refractivity contribution is 6.05. The van der Waals surface area contributed by atoms with Crippen molar-refractivity contribution in [3.05, 3.63) is 29.8 Å². The summed E-state index contributed by atoms with van der Waals surface area (Å²) >= 11 is 0. The number of carbonyl (C=O) groups excluding carboxylic acids is 5. The van der Waals surface area contributed by atoms with Crippen molar-refractivity contribution < 1.29 is 28.7 Å². The molecule has 9 nitrogen and oxygen atoms in total. The van der Waals surface area contributed by atoms with Gasteiger partial charge in [-0.3, -0.25) is 28.9 Å². The van der Waals surface area contributed by atoms with E-state index in [2.05, 4.69) is 10.6 Å². The summed E-state index contributed by atoms with van der Waals surface area (Å²) in [6.45, 7) is -0.532. The first-order chi connectivity index (χ1) is 14.4. The maximum absolute atomic E-state index is 12.4. The number of ether oxygens (including phenoxy) is 1. The highest BCUT2D eigenvalue weighted by atomic mass is 16.5. The summed E-state index contributed by atoms with van der Waals surface area (Å²) in [5.41, 5.74) is 0.779. The average molecular weight is 415 g/mol. The van der Waals surface area contributed by atoms with Gasteiger partial charge in [-0.25, -0.2) is 0 Å². The number of likely N-dealkylation sites (tertiary alicyclic amines) is 1. The molecular formula is C21H25N3O6. The zero-order chi connectivity index (χ0) is 21.7. The maximum Gasteiger partial charge on any atom is 0.308 e. The van der Waals surface area contributed by atoms with Gasteiger partial charge >= 0.3 is 5.97 Å². The molecule has 1 aromatic carbocycles. The Bertz CT molecular complexity index is 844. The molecule has 3 rings (SSSR count). The molecule has 2 aliphatic rings. The van der Waals surface area contributed by atoms with E-state index in [-0.39, 0.29) is 42.5 Å². The standard InChI is InChI=1S/C21H25N3O6/c1-22-19(27)13-5-4-6-14(11-13)23-17(25)12-30-18(26)9-10-24-20(28)15-7-2-3-8-16(15)21(24)29/h4-6,11,15-16H,2-3,7-10,12H2,1H3,(H,22,27)(H,23,25)/t15-,16+. The molecule has 1 heterocycles. The van der Waals surface area contributed by atoms with Crippen LogP contribution in [-0.4, -0.2) is 54.7 Å². The number of fused-ring (bicyclic) bond motifs is 1. The van der Waals surface area contributed by atoms with Crippen LogP contribution in [0.2, 0.25) is 0 Å². The van der Waals surface area contributed by atoms with Crippen LogP contribution in [0.1, 0.15) is 42.5 Å². The third kappa shape index (κ3) is 4.84. The second-order valence-electron chi connectivity index (χ2n) is 7.44. The van der Waals surface area contributed by atoms with Crippen LogP contribution >= 0.6 is 0 Å². The Labute approximate surface area is 174 Å². The Balaban J connectivity index is 1.43. The van der Waals surface area contributed by atoms with Crippen LogP contribution in [0, 0.1) is 11.8 Å². The first kappa shape index (κ1) is 21.5. The number of benzene rings is 1. The van der Waals surface area contributed by atoms with E-state index in [1.165, 1.54) is 13.1 Å². The van der Waals surface area contributed by atoms with Crippen molar-refractivity contribution in [3.8, 4) is 0 Å². The molecule has 0 unspecified atom stereocenters. The fourth-order valence-electron chi connectivity index (χ4n) is 3.95. The van der Waals surface area contributed by atoms with Crippen molar-refractivity contribution in [2.24, 2.45) is 11.8 Å². The summed E-state index contributed by atoms with van der Waals surface area (Å²) in [4.78, 5) is 61.5. The number of amides is 4. The molecule has 0 bridgehead atoms. The molecule has 1 saturated carbocycles. The van der Waals surface area contributed by atoms with Gasteiger partial charge in [-0.2, -0.15) is 0 Å². The van der Waals surface area contributed by atoms with Gasteiger partial charge in [-0.1, -0.05) is 18.9 Å². The molecule has 0 spiro atoms. The summed E-state index contributed by atoms with van der Waals surface area (Å²) in [5.74, 6) is -2.42. The molecular weight excluding hydrogens is 390 g/mol. The number of nitrogens with zero attached hydrogens (tertiary/aromatic N) is 1. The van der Waals surface area contributed by atoms with Crippen molar-refractivity contribution >= 4 is 35.3 Å². The lowest BCUT2D eigenvalue weighted by Crippen LogP contribution is -2.33. The quantitative estimate of drug-likeness (QED) is 0.508. The number of hydrogen-bond donors (Lipinski definition) is 2. The molecule has 2 fully saturated rings. The number of imide groups is 1. The van der Waals surface area contributed by atoms with E-state index in [9.17, 15) is 24.0 Å². The Morgan fingerprint density at radius 3 is 2.40 bits per heavy atom. The van der Waals surface area contributed by atoms with Gasteiger partial charge in [0.2, 0.25) is 11.8 Å². The minimum absolute atomic E-state index is 0.0285. The zero-order valence-corrected chi connectivity index (χ0v) is 16.8. The van der Waals surface area contributed by atoms with Gasteiger partial charge in [-0.05, 0) is 31.0 Å². The largest absolute Gasteiger partial charge is 0.456 e. The van der Waals surface area contributed by atoms with E-state index in [4.69, 9.17) is 4.74 Å². The second kappa shape index (κ2) is 9.51. The van der Waals surface area contributed by atoms with Gasteiger partial charge in [0.25, 0.3) is 11.8 Å².